The molecule has 0 aromatic heterocycles. The van der Waals surface area contributed by atoms with Crippen molar-refractivity contribution in [2.75, 3.05) is 18.5 Å². The lowest BCUT2D eigenvalue weighted by atomic mass is 9.99. The van der Waals surface area contributed by atoms with Crippen molar-refractivity contribution >= 4 is 41.0 Å². The fourth-order valence-electron chi connectivity index (χ4n) is 2.35. The van der Waals surface area contributed by atoms with Crippen LogP contribution in [0, 0.1) is 17.6 Å². The molecule has 28 heavy (non-hydrogen) atoms. The van der Waals surface area contributed by atoms with Gasteiger partial charge in [-0.1, -0.05) is 35.3 Å². The number of hydrogen-bond acceptors (Lipinski definition) is 4. The number of esters is 1. The van der Waals surface area contributed by atoms with Crippen LogP contribution < -0.4 is 5.32 Å². The van der Waals surface area contributed by atoms with E-state index < -0.39 is 29.6 Å². The average molecular weight is 432 g/mol. The number of amides is 1. The van der Waals surface area contributed by atoms with E-state index in [2.05, 4.69) is 5.32 Å². The molecule has 1 amide bonds. The van der Waals surface area contributed by atoms with Crippen molar-refractivity contribution in [1.29, 1.82) is 0 Å². The number of anilines is 1. The summed E-state index contributed by atoms with van der Waals surface area (Å²) in [6, 6.07) is 7.68. The summed E-state index contributed by atoms with van der Waals surface area (Å²) in [6.07, 6.45) is -1.03. The maximum Gasteiger partial charge on any atom is 0.411 e. The number of ether oxygens (including phenoxy) is 2. The Balaban J connectivity index is 2.06. The van der Waals surface area contributed by atoms with Crippen LogP contribution in [0.5, 0.6) is 0 Å². The van der Waals surface area contributed by atoms with Crippen LogP contribution in [0.25, 0.3) is 0 Å². The van der Waals surface area contributed by atoms with Gasteiger partial charge in [0.15, 0.2) is 0 Å². The molecule has 2 aromatic carbocycles. The third kappa shape index (κ3) is 6.07. The minimum absolute atomic E-state index is 0.0950. The fourth-order valence-corrected chi connectivity index (χ4v) is 2.85. The van der Waals surface area contributed by atoms with Crippen LogP contribution in [0.2, 0.25) is 10.0 Å². The van der Waals surface area contributed by atoms with Crippen LogP contribution >= 0.6 is 23.2 Å². The highest BCUT2D eigenvalue weighted by Gasteiger charge is 2.24. The fraction of sp³-hybridized carbons (Fsp3) is 0.263. The van der Waals surface area contributed by atoms with Crippen molar-refractivity contribution in [2.24, 2.45) is 5.92 Å². The Bertz CT molecular complexity index is 844. The Morgan fingerprint density at radius 3 is 2.39 bits per heavy atom. The van der Waals surface area contributed by atoms with Crippen molar-refractivity contribution < 1.29 is 27.8 Å². The molecule has 0 saturated carbocycles. The molecule has 1 atom stereocenters. The lowest BCUT2D eigenvalue weighted by molar-refractivity contribution is -0.149. The zero-order chi connectivity index (χ0) is 20.7. The van der Waals surface area contributed by atoms with E-state index in [0.29, 0.717) is 6.07 Å². The van der Waals surface area contributed by atoms with Gasteiger partial charge in [-0.25, -0.2) is 13.6 Å². The Kier molecular flexibility index (Phi) is 8.02. The smallest absolute Gasteiger partial charge is 0.411 e. The van der Waals surface area contributed by atoms with Gasteiger partial charge in [-0.15, -0.1) is 0 Å². The number of rotatable bonds is 7. The first-order valence-electron chi connectivity index (χ1n) is 8.30. The zero-order valence-electron chi connectivity index (χ0n) is 14.8. The first kappa shape index (κ1) is 21.9. The van der Waals surface area contributed by atoms with E-state index >= 15 is 0 Å². The van der Waals surface area contributed by atoms with E-state index in [9.17, 15) is 18.4 Å². The van der Waals surface area contributed by atoms with Crippen LogP contribution in [-0.4, -0.2) is 25.3 Å². The summed E-state index contributed by atoms with van der Waals surface area (Å²) in [7, 11) is 0. The summed E-state index contributed by atoms with van der Waals surface area (Å²) in [5, 5.41) is 2.80. The Morgan fingerprint density at radius 1 is 1.11 bits per heavy atom. The van der Waals surface area contributed by atoms with Crippen LogP contribution in [0.1, 0.15) is 12.5 Å². The second-order valence-electron chi connectivity index (χ2n) is 5.71. The third-order valence-electron chi connectivity index (χ3n) is 3.71. The number of nitrogens with one attached hydrogen (secondary N) is 1. The first-order valence-corrected chi connectivity index (χ1v) is 9.05. The van der Waals surface area contributed by atoms with Crippen LogP contribution in [0.15, 0.2) is 36.4 Å². The number of benzene rings is 2. The van der Waals surface area contributed by atoms with E-state index in [1.807, 2.05) is 0 Å². The van der Waals surface area contributed by atoms with Gasteiger partial charge in [0.1, 0.15) is 18.2 Å². The molecule has 0 heterocycles. The van der Waals surface area contributed by atoms with Gasteiger partial charge in [0.05, 0.1) is 28.3 Å². The lowest BCUT2D eigenvalue weighted by Gasteiger charge is -2.17. The predicted molar refractivity (Wildman–Crippen MR) is 102 cm³/mol. The largest absolute Gasteiger partial charge is 0.466 e. The zero-order valence-corrected chi connectivity index (χ0v) is 16.3. The second-order valence-corrected chi connectivity index (χ2v) is 6.52. The normalized spacial score (nSPS) is 11.6. The van der Waals surface area contributed by atoms with Gasteiger partial charge in [-0.3, -0.25) is 10.1 Å². The van der Waals surface area contributed by atoms with Gasteiger partial charge in [0.2, 0.25) is 0 Å². The molecule has 1 N–H and O–H groups in total. The maximum atomic E-state index is 13.9. The molecule has 0 aliphatic rings. The lowest BCUT2D eigenvalue weighted by Crippen LogP contribution is -2.28. The number of carbonyl (C=O) groups is 2. The molecule has 0 aliphatic carbocycles. The molecule has 150 valence electrons. The van der Waals surface area contributed by atoms with Crippen molar-refractivity contribution in [3.8, 4) is 0 Å². The molecule has 9 heteroatoms. The minimum atomic E-state index is -0.979. The predicted octanol–water partition coefficient (Wildman–Crippen LogP) is 5.24. The summed E-state index contributed by atoms with van der Waals surface area (Å²) >= 11 is 11.9. The van der Waals surface area contributed by atoms with Gasteiger partial charge in [0.25, 0.3) is 0 Å². The molecule has 0 fully saturated rings. The van der Waals surface area contributed by atoms with E-state index in [1.165, 1.54) is 18.2 Å². The number of halogens is 4. The second kappa shape index (κ2) is 10.2. The van der Waals surface area contributed by atoms with Gasteiger partial charge in [-0.2, -0.15) is 0 Å². The number of carbonyl (C=O) groups excluding carboxylic acids is 2. The van der Waals surface area contributed by atoms with Gasteiger partial charge < -0.3 is 9.47 Å². The standard InChI is InChI=1S/C19H17Cl2F2NO4/c1-2-27-18(25)12(8-11-6-7-13(22)9-16(11)23)10-28-19(26)24-17-14(20)4-3-5-15(17)21/h3-7,9,12H,2,8,10H2,1H3,(H,24,26). The van der Waals surface area contributed by atoms with Gasteiger partial charge >= 0.3 is 12.1 Å². The highest BCUT2D eigenvalue weighted by molar-refractivity contribution is 6.39. The quantitative estimate of drug-likeness (QED) is 0.608. The molecular formula is C19H17Cl2F2NO4. The topological polar surface area (TPSA) is 64.6 Å². The Labute approximate surface area is 170 Å². The molecule has 0 radical (unpaired) electrons. The third-order valence-corrected chi connectivity index (χ3v) is 4.34. The molecule has 1 unspecified atom stereocenters. The molecule has 0 saturated heterocycles. The van der Waals surface area contributed by atoms with Crippen LogP contribution in [-0.2, 0) is 20.7 Å². The molecule has 0 spiro atoms. The van der Waals surface area contributed by atoms with Crippen molar-refractivity contribution in [1.82, 2.24) is 0 Å². The average Bonchev–Trinajstić information content (AvgIpc) is 2.63. The minimum Gasteiger partial charge on any atom is -0.466 e. The summed E-state index contributed by atoms with van der Waals surface area (Å²) in [6.45, 7) is 1.33. The summed E-state index contributed by atoms with van der Waals surface area (Å²) in [5.41, 5.74) is 0.255. The molecule has 5 nitrogen and oxygen atoms in total. The van der Waals surface area contributed by atoms with E-state index in [-0.39, 0.29) is 40.9 Å². The van der Waals surface area contributed by atoms with Crippen LogP contribution in [0.3, 0.4) is 0 Å². The maximum absolute atomic E-state index is 13.9. The summed E-state index contributed by atoms with van der Waals surface area (Å²) < 4.78 is 36.9. The highest BCUT2D eigenvalue weighted by Crippen LogP contribution is 2.29. The van der Waals surface area contributed by atoms with Crippen LogP contribution in [0.4, 0.5) is 19.3 Å². The van der Waals surface area contributed by atoms with E-state index in [0.717, 1.165) is 6.07 Å². The SMILES string of the molecule is CCOC(=O)C(COC(=O)Nc1c(Cl)cccc1Cl)Cc1ccc(F)cc1F. The monoisotopic (exact) mass is 431 g/mol. The van der Waals surface area contributed by atoms with Crippen molar-refractivity contribution in [3.05, 3.63) is 63.6 Å². The van der Waals surface area contributed by atoms with Gasteiger partial charge in [-0.05, 0) is 37.1 Å². The first-order chi connectivity index (χ1) is 13.3. The Morgan fingerprint density at radius 2 is 1.79 bits per heavy atom. The molecule has 0 bridgehead atoms. The number of para-hydroxylation sites is 1. The molecular weight excluding hydrogens is 415 g/mol. The van der Waals surface area contributed by atoms with Crippen molar-refractivity contribution in [3.63, 3.8) is 0 Å². The van der Waals surface area contributed by atoms with E-state index in [1.54, 1.807) is 13.0 Å². The van der Waals surface area contributed by atoms with Gasteiger partial charge in [0, 0.05) is 6.07 Å². The molecule has 2 rings (SSSR count). The summed E-state index contributed by atoms with van der Waals surface area (Å²) in [4.78, 5) is 24.2. The highest BCUT2D eigenvalue weighted by atomic mass is 35.5. The summed E-state index contributed by atoms with van der Waals surface area (Å²) in [5.74, 6) is -3.19. The van der Waals surface area contributed by atoms with E-state index in [4.69, 9.17) is 32.7 Å². The number of hydrogen-bond donors (Lipinski definition) is 1. The molecule has 0 aliphatic heterocycles. The molecule has 2 aromatic rings. The Hall–Kier alpha value is -2.38. The van der Waals surface area contributed by atoms with Crippen molar-refractivity contribution in [2.45, 2.75) is 13.3 Å².